The van der Waals surface area contributed by atoms with Crippen molar-refractivity contribution < 1.29 is 4.42 Å². The lowest BCUT2D eigenvalue weighted by Crippen LogP contribution is -2.38. The summed E-state index contributed by atoms with van der Waals surface area (Å²) >= 11 is 6.02. The number of nitrogens with zero attached hydrogens (tertiary/aromatic N) is 3. The summed E-state index contributed by atoms with van der Waals surface area (Å²) in [6.45, 7) is 4.12. The van der Waals surface area contributed by atoms with Crippen LogP contribution in [0.25, 0.3) is 0 Å². The van der Waals surface area contributed by atoms with Gasteiger partial charge in [-0.2, -0.15) is 0 Å². The number of aryl methyl sites for hydroxylation is 1. The molecule has 22 heavy (non-hydrogen) atoms. The van der Waals surface area contributed by atoms with Gasteiger partial charge in [0.25, 0.3) is 0 Å². The summed E-state index contributed by atoms with van der Waals surface area (Å²) in [5, 5.41) is 4.03. The van der Waals surface area contributed by atoms with E-state index in [-0.39, 0.29) is 24.0 Å². The minimum absolute atomic E-state index is 0. The monoisotopic (exact) mass is 436 g/mol. The predicted octanol–water partition coefficient (Wildman–Crippen LogP) is 3.49. The van der Waals surface area contributed by atoms with Crippen LogP contribution in [-0.2, 0) is 20.1 Å². The minimum Gasteiger partial charge on any atom is -0.467 e. The van der Waals surface area contributed by atoms with E-state index < -0.39 is 0 Å². The Labute approximate surface area is 153 Å². The van der Waals surface area contributed by atoms with Crippen molar-refractivity contribution in [3.05, 3.63) is 47.1 Å². The summed E-state index contributed by atoms with van der Waals surface area (Å²) < 4.78 is 7.33. The molecule has 0 fully saturated rings. The van der Waals surface area contributed by atoms with Crippen molar-refractivity contribution in [3.8, 4) is 0 Å². The second kappa shape index (κ2) is 9.09. The largest absolute Gasteiger partial charge is 0.467 e. The average molecular weight is 437 g/mol. The van der Waals surface area contributed by atoms with Crippen LogP contribution in [0.1, 0.15) is 18.4 Å². The Hall–Kier alpha value is -1.15. The highest BCUT2D eigenvalue weighted by molar-refractivity contribution is 14.0. The molecule has 0 atom stereocenters. The highest BCUT2D eigenvalue weighted by Gasteiger charge is 2.09. The summed E-state index contributed by atoms with van der Waals surface area (Å²) in [5.41, 5.74) is 1.13. The second-order valence-electron chi connectivity index (χ2n) is 4.87. The fraction of sp³-hybridized carbons (Fsp3) is 0.400. The Morgan fingerprint density at radius 1 is 1.50 bits per heavy atom. The first-order valence-corrected chi connectivity index (χ1v) is 7.30. The second-order valence-corrected chi connectivity index (χ2v) is 5.30. The van der Waals surface area contributed by atoms with Crippen LogP contribution in [-0.4, -0.2) is 29.0 Å². The quantitative estimate of drug-likeness (QED) is 0.443. The van der Waals surface area contributed by atoms with E-state index in [1.807, 2.05) is 43.1 Å². The van der Waals surface area contributed by atoms with Gasteiger partial charge < -0.3 is 19.2 Å². The van der Waals surface area contributed by atoms with Crippen molar-refractivity contribution in [1.29, 1.82) is 0 Å². The van der Waals surface area contributed by atoms with Gasteiger partial charge in [-0.25, -0.2) is 4.99 Å². The summed E-state index contributed by atoms with van der Waals surface area (Å²) in [6, 6.07) is 5.76. The van der Waals surface area contributed by atoms with Crippen LogP contribution in [0, 0.1) is 0 Å². The SMILES string of the molecule is CCNC(=NCc1ccco1)N(C)Cc1cc(Cl)cn1C.I. The van der Waals surface area contributed by atoms with Crippen molar-refractivity contribution in [2.45, 2.75) is 20.0 Å². The summed E-state index contributed by atoms with van der Waals surface area (Å²) in [7, 11) is 3.99. The van der Waals surface area contributed by atoms with Gasteiger partial charge in [-0.3, -0.25) is 0 Å². The molecule has 0 aromatic carbocycles. The molecule has 0 aliphatic heterocycles. The highest BCUT2D eigenvalue weighted by atomic mass is 127. The van der Waals surface area contributed by atoms with E-state index in [2.05, 4.69) is 22.1 Å². The molecule has 0 aliphatic rings. The van der Waals surface area contributed by atoms with Crippen LogP contribution < -0.4 is 5.32 Å². The lowest BCUT2D eigenvalue weighted by Gasteiger charge is -2.22. The van der Waals surface area contributed by atoms with Crippen LogP contribution in [0.4, 0.5) is 0 Å². The number of furan rings is 1. The number of rotatable bonds is 5. The normalized spacial score (nSPS) is 11.2. The Kier molecular flexibility index (Phi) is 7.81. The van der Waals surface area contributed by atoms with Crippen LogP contribution in [0.3, 0.4) is 0 Å². The van der Waals surface area contributed by atoms with Gasteiger partial charge in [0.15, 0.2) is 5.96 Å². The smallest absolute Gasteiger partial charge is 0.194 e. The van der Waals surface area contributed by atoms with Crippen molar-refractivity contribution in [2.75, 3.05) is 13.6 Å². The summed E-state index contributed by atoms with van der Waals surface area (Å²) in [4.78, 5) is 6.65. The fourth-order valence-electron chi connectivity index (χ4n) is 2.07. The molecule has 7 heteroatoms. The number of aromatic nitrogens is 1. The van der Waals surface area contributed by atoms with Crippen molar-refractivity contribution in [2.24, 2.45) is 12.0 Å². The van der Waals surface area contributed by atoms with E-state index in [1.54, 1.807) is 6.26 Å². The maximum absolute atomic E-state index is 6.02. The molecule has 0 unspecified atom stereocenters. The molecular weight excluding hydrogens is 415 g/mol. The van der Waals surface area contributed by atoms with Gasteiger partial charge in [-0.05, 0) is 25.1 Å². The van der Waals surface area contributed by atoms with E-state index >= 15 is 0 Å². The third-order valence-electron chi connectivity index (χ3n) is 3.13. The molecule has 1 N–H and O–H groups in total. The van der Waals surface area contributed by atoms with Crippen LogP contribution >= 0.6 is 35.6 Å². The Morgan fingerprint density at radius 3 is 2.82 bits per heavy atom. The molecule has 0 saturated heterocycles. The first kappa shape index (κ1) is 18.9. The molecule has 122 valence electrons. The molecular formula is C15H22ClIN4O. The lowest BCUT2D eigenvalue weighted by atomic mass is 10.4. The minimum atomic E-state index is 0. The zero-order valence-corrected chi connectivity index (χ0v) is 16.1. The van der Waals surface area contributed by atoms with E-state index in [4.69, 9.17) is 16.0 Å². The molecule has 2 aromatic rings. The van der Waals surface area contributed by atoms with Crippen LogP contribution in [0.15, 0.2) is 40.1 Å². The molecule has 0 spiro atoms. The summed E-state index contributed by atoms with van der Waals surface area (Å²) in [6.07, 6.45) is 3.56. The van der Waals surface area contributed by atoms with Gasteiger partial charge in [-0.1, -0.05) is 11.6 Å². The molecule has 0 aliphatic carbocycles. The van der Waals surface area contributed by atoms with Gasteiger partial charge in [0, 0.05) is 32.5 Å². The Morgan fingerprint density at radius 2 is 2.27 bits per heavy atom. The molecule has 2 rings (SSSR count). The van der Waals surface area contributed by atoms with Gasteiger partial charge in [0.1, 0.15) is 12.3 Å². The Bertz CT molecular complexity index is 595. The van der Waals surface area contributed by atoms with Crippen molar-refractivity contribution >= 4 is 41.5 Å². The lowest BCUT2D eigenvalue weighted by molar-refractivity contribution is 0.457. The molecule has 0 amide bonds. The molecule has 0 bridgehead atoms. The topological polar surface area (TPSA) is 45.7 Å². The highest BCUT2D eigenvalue weighted by Crippen LogP contribution is 2.14. The average Bonchev–Trinajstić information content (AvgIpc) is 3.05. The zero-order valence-electron chi connectivity index (χ0n) is 13.0. The van der Waals surface area contributed by atoms with Gasteiger partial charge in [0.05, 0.1) is 17.8 Å². The van der Waals surface area contributed by atoms with E-state index in [1.165, 1.54) is 0 Å². The standard InChI is InChI=1S/C15H21ClN4O.HI/c1-4-17-15(18-9-14-6-5-7-21-14)20(3)11-13-8-12(16)10-19(13)2;/h5-8,10H,4,9,11H2,1-3H3,(H,17,18);1H. The maximum Gasteiger partial charge on any atom is 0.194 e. The molecule has 5 nitrogen and oxygen atoms in total. The van der Waals surface area contributed by atoms with Gasteiger partial charge >= 0.3 is 0 Å². The first-order valence-electron chi connectivity index (χ1n) is 6.92. The van der Waals surface area contributed by atoms with Gasteiger partial charge in [0.2, 0.25) is 0 Å². The maximum atomic E-state index is 6.02. The van der Waals surface area contributed by atoms with E-state index in [9.17, 15) is 0 Å². The molecule has 2 aromatic heterocycles. The van der Waals surface area contributed by atoms with Gasteiger partial charge in [-0.15, -0.1) is 24.0 Å². The number of nitrogens with one attached hydrogen (secondary N) is 1. The number of hydrogen-bond acceptors (Lipinski definition) is 2. The molecule has 0 saturated carbocycles. The fourth-order valence-corrected chi connectivity index (χ4v) is 2.34. The van der Waals surface area contributed by atoms with Crippen molar-refractivity contribution in [1.82, 2.24) is 14.8 Å². The predicted molar refractivity (Wildman–Crippen MR) is 101 cm³/mol. The third-order valence-corrected chi connectivity index (χ3v) is 3.34. The first-order chi connectivity index (χ1) is 10.1. The summed E-state index contributed by atoms with van der Waals surface area (Å²) in [5.74, 6) is 1.69. The van der Waals surface area contributed by atoms with E-state index in [0.717, 1.165) is 35.5 Å². The van der Waals surface area contributed by atoms with Crippen LogP contribution in [0.5, 0.6) is 0 Å². The van der Waals surface area contributed by atoms with Crippen LogP contribution in [0.2, 0.25) is 5.02 Å². The molecule has 2 heterocycles. The number of hydrogen-bond donors (Lipinski definition) is 1. The number of guanidine groups is 1. The molecule has 0 radical (unpaired) electrons. The zero-order chi connectivity index (χ0) is 15.2. The number of aliphatic imine (C=N–C) groups is 1. The van der Waals surface area contributed by atoms with E-state index in [0.29, 0.717) is 6.54 Å². The number of halogens is 2. The Balaban J connectivity index is 0.00000242. The van der Waals surface area contributed by atoms with Crippen molar-refractivity contribution in [3.63, 3.8) is 0 Å². The third kappa shape index (κ3) is 5.24.